The third-order valence-electron chi connectivity index (χ3n) is 3.53. The number of carbonyl (C=O) groups is 2. The number of hydrogen-bond acceptors (Lipinski definition) is 4. The zero-order valence-corrected chi connectivity index (χ0v) is 14.2. The topological polar surface area (TPSA) is 67.4 Å². The summed E-state index contributed by atoms with van der Waals surface area (Å²) in [7, 11) is 0. The first kappa shape index (κ1) is 18.1. The van der Waals surface area contributed by atoms with Crippen molar-refractivity contribution in [2.45, 2.75) is 23.4 Å². The molecular weight excluding hydrogens is 369 g/mol. The molecule has 1 unspecified atom stereocenters. The van der Waals surface area contributed by atoms with Crippen molar-refractivity contribution in [2.24, 2.45) is 0 Å². The molecule has 0 aliphatic carbocycles. The van der Waals surface area contributed by atoms with Crippen LogP contribution in [0.15, 0.2) is 47.4 Å². The fraction of sp³-hybridized carbons (Fsp3) is 0.176. The van der Waals surface area contributed by atoms with Crippen molar-refractivity contribution in [3.8, 4) is 5.75 Å². The molecule has 3 rings (SSSR count). The molecule has 26 heavy (non-hydrogen) atoms. The summed E-state index contributed by atoms with van der Waals surface area (Å²) < 4.78 is 41.3. The Hall–Kier alpha value is -2.68. The number of carbonyl (C=O) groups excluding carboxylic acids is 2. The minimum absolute atomic E-state index is 0.112. The highest BCUT2D eigenvalue weighted by atomic mass is 32.2. The molecule has 0 radical (unpaired) electrons. The standard InChI is InChI=1S/C17H13F3N2O3S/c1-9-15(23)22-12-8-10(6-7-14(12)26-9)16(24)21-11-4-2-3-5-13(11)25-17(18,19)20/h2-9H,1H3,(H,21,24)(H,22,23). The summed E-state index contributed by atoms with van der Waals surface area (Å²) in [6, 6.07) is 9.95. The fourth-order valence-electron chi connectivity index (χ4n) is 2.33. The van der Waals surface area contributed by atoms with Gasteiger partial charge in [-0.25, -0.2) is 0 Å². The molecule has 0 aromatic heterocycles. The van der Waals surface area contributed by atoms with Crippen LogP contribution in [0.5, 0.6) is 5.75 Å². The van der Waals surface area contributed by atoms with Crippen molar-refractivity contribution in [3.63, 3.8) is 0 Å². The summed E-state index contributed by atoms with van der Waals surface area (Å²) in [5, 5.41) is 4.85. The number of alkyl halides is 3. The van der Waals surface area contributed by atoms with E-state index in [0.717, 1.165) is 11.0 Å². The summed E-state index contributed by atoms with van der Waals surface area (Å²) in [6.45, 7) is 1.77. The number of hydrogen-bond donors (Lipinski definition) is 2. The van der Waals surface area contributed by atoms with Crippen molar-refractivity contribution in [1.29, 1.82) is 0 Å². The predicted octanol–water partition coefficient (Wildman–Crippen LogP) is 4.27. The van der Waals surface area contributed by atoms with Crippen LogP contribution in [0, 0.1) is 0 Å². The Balaban J connectivity index is 1.82. The van der Waals surface area contributed by atoms with Crippen LogP contribution >= 0.6 is 11.8 Å². The smallest absolute Gasteiger partial charge is 0.404 e. The average molecular weight is 382 g/mol. The second-order valence-electron chi connectivity index (χ2n) is 5.46. The number of rotatable bonds is 3. The van der Waals surface area contributed by atoms with Gasteiger partial charge in [0.1, 0.15) is 0 Å². The van der Waals surface area contributed by atoms with Gasteiger partial charge < -0.3 is 15.4 Å². The van der Waals surface area contributed by atoms with Crippen LogP contribution in [0.3, 0.4) is 0 Å². The summed E-state index contributed by atoms with van der Waals surface area (Å²) in [5.41, 5.74) is 0.575. The van der Waals surface area contributed by atoms with Crippen LogP contribution in [0.1, 0.15) is 17.3 Å². The first-order chi connectivity index (χ1) is 12.2. The highest BCUT2D eigenvalue weighted by Crippen LogP contribution is 2.36. The Kier molecular flexibility index (Phi) is 4.82. The first-order valence-corrected chi connectivity index (χ1v) is 8.38. The Morgan fingerprint density at radius 1 is 1.23 bits per heavy atom. The number of benzene rings is 2. The zero-order chi connectivity index (χ0) is 18.9. The van der Waals surface area contributed by atoms with E-state index in [1.807, 2.05) is 0 Å². The lowest BCUT2D eigenvalue weighted by Gasteiger charge is -2.21. The number of thioether (sulfide) groups is 1. The lowest BCUT2D eigenvalue weighted by molar-refractivity contribution is -0.274. The molecule has 5 nitrogen and oxygen atoms in total. The van der Waals surface area contributed by atoms with Crippen molar-refractivity contribution in [3.05, 3.63) is 48.0 Å². The number of ether oxygens (including phenoxy) is 1. The molecule has 9 heteroatoms. The highest BCUT2D eigenvalue weighted by molar-refractivity contribution is 8.00. The van der Waals surface area contributed by atoms with Crippen LogP contribution < -0.4 is 15.4 Å². The summed E-state index contributed by atoms with van der Waals surface area (Å²) >= 11 is 1.36. The quantitative estimate of drug-likeness (QED) is 0.832. The minimum Gasteiger partial charge on any atom is -0.404 e. The molecular formula is C17H13F3N2O3S. The normalized spacial score (nSPS) is 16.5. The SMILES string of the molecule is CC1Sc2ccc(C(=O)Nc3ccccc3OC(F)(F)F)cc2NC1=O. The number of fused-ring (bicyclic) bond motifs is 1. The van der Waals surface area contributed by atoms with Gasteiger partial charge in [-0.15, -0.1) is 24.9 Å². The zero-order valence-electron chi connectivity index (χ0n) is 13.4. The van der Waals surface area contributed by atoms with E-state index < -0.39 is 18.0 Å². The van der Waals surface area contributed by atoms with Gasteiger partial charge >= 0.3 is 6.36 Å². The first-order valence-electron chi connectivity index (χ1n) is 7.50. The van der Waals surface area contributed by atoms with Gasteiger partial charge in [0.05, 0.1) is 16.6 Å². The molecule has 0 spiro atoms. The van der Waals surface area contributed by atoms with E-state index in [0.29, 0.717) is 5.69 Å². The molecule has 2 N–H and O–H groups in total. The number of nitrogens with one attached hydrogen (secondary N) is 2. The van der Waals surface area contributed by atoms with Gasteiger partial charge in [0.15, 0.2) is 5.75 Å². The fourth-order valence-corrected chi connectivity index (χ4v) is 3.26. The molecule has 1 heterocycles. The van der Waals surface area contributed by atoms with Gasteiger partial charge in [-0.2, -0.15) is 0 Å². The Bertz CT molecular complexity index is 871. The van der Waals surface area contributed by atoms with E-state index in [-0.39, 0.29) is 22.4 Å². The number of halogens is 3. The molecule has 0 saturated carbocycles. The maximum atomic E-state index is 12.5. The molecule has 0 bridgehead atoms. The Labute approximate surface area is 150 Å². The number of amides is 2. The van der Waals surface area contributed by atoms with Gasteiger partial charge in [0, 0.05) is 10.5 Å². The number of para-hydroxylation sites is 2. The van der Waals surface area contributed by atoms with Gasteiger partial charge in [0.2, 0.25) is 5.91 Å². The monoisotopic (exact) mass is 382 g/mol. The molecule has 136 valence electrons. The highest BCUT2D eigenvalue weighted by Gasteiger charge is 2.32. The van der Waals surface area contributed by atoms with Crippen molar-refractivity contribution in [2.75, 3.05) is 10.6 Å². The van der Waals surface area contributed by atoms with E-state index in [1.165, 1.54) is 36.0 Å². The van der Waals surface area contributed by atoms with Gasteiger partial charge in [-0.05, 0) is 37.3 Å². The average Bonchev–Trinajstić information content (AvgIpc) is 2.56. The largest absolute Gasteiger partial charge is 0.573 e. The molecule has 2 amide bonds. The van der Waals surface area contributed by atoms with Gasteiger partial charge in [0.25, 0.3) is 5.91 Å². The Morgan fingerprint density at radius 2 is 1.96 bits per heavy atom. The molecule has 2 aromatic carbocycles. The van der Waals surface area contributed by atoms with Gasteiger partial charge in [-0.1, -0.05) is 12.1 Å². The summed E-state index contributed by atoms with van der Waals surface area (Å²) in [4.78, 5) is 25.0. The summed E-state index contributed by atoms with van der Waals surface area (Å²) in [6.07, 6.45) is -4.87. The number of anilines is 2. The molecule has 0 fully saturated rings. The maximum absolute atomic E-state index is 12.5. The summed E-state index contributed by atoms with van der Waals surface area (Å²) in [5.74, 6) is -1.31. The minimum atomic E-state index is -4.87. The van der Waals surface area contributed by atoms with E-state index in [1.54, 1.807) is 19.1 Å². The van der Waals surface area contributed by atoms with Crippen LogP contribution in [-0.4, -0.2) is 23.4 Å². The third-order valence-corrected chi connectivity index (χ3v) is 4.71. The van der Waals surface area contributed by atoms with E-state index in [2.05, 4.69) is 15.4 Å². The molecule has 2 aromatic rings. The van der Waals surface area contributed by atoms with Crippen LogP contribution in [0.4, 0.5) is 24.5 Å². The lowest BCUT2D eigenvalue weighted by atomic mass is 10.1. The van der Waals surface area contributed by atoms with Crippen LogP contribution in [0.2, 0.25) is 0 Å². The van der Waals surface area contributed by atoms with E-state index >= 15 is 0 Å². The van der Waals surface area contributed by atoms with Crippen molar-refractivity contribution in [1.82, 2.24) is 0 Å². The Morgan fingerprint density at radius 3 is 2.69 bits per heavy atom. The molecule has 1 aliphatic heterocycles. The van der Waals surface area contributed by atoms with Crippen LogP contribution in [-0.2, 0) is 4.79 Å². The third kappa shape index (κ3) is 4.10. The van der Waals surface area contributed by atoms with Crippen LogP contribution in [0.25, 0.3) is 0 Å². The second-order valence-corrected chi connectivity index (χ2v) is 6.84. The van der Waals surface area contributed by atoms with Crippen molar-refractivity contribution >= 4 is 35.0 Å². The molecule has 1 aliphatic rings. The second kappa shape index (κ2) is 6.91. The predicted molar refractivity (Wildman–Crippen MR) is 91.5 cm³/mol. The van der Waals surface area contributed by atoms with Gasteiger partial charge in [-0.3, -0.25) is 9.59 Å². The van der Waals surface area contributed by atoms with E-state index in [9.17, 15) is 22.8 Å². The maximum Gasteiger partial charge on any atom is 0.573 e. The molecule has 1 atom stereocenters. The molecule has 0 saturated heterocycles. The van der Waals surface area contributed by atoms with E-state index in [4.69, 9.17) is 0 Å². The van der Waals surface area contributed by atoms with Crippen molar-refractivity contribution < 1.29 is 27.5 Å². The lowest BCUT2D eigenvalue weighted by Crippen LogP contribution is -2.26.